The van der Waals surface area contributed by atoms with Crippen molar-refractivity contribution in [1.82, 2.24) is 25.2 Å². The van der Waals surface area contributed by atoms with Crippen molar-refractivity contribution in [1.29, 1.82) is 0 Å². The molecular formula is C36H47N5O8S. The lowest BCUT2D eigenvalue weighted by atomic mass is 10.0. The summed E-state index contributed by atoms with van der Waals surface area (Å²) in [7, 11) is -3.97. The number of hydrogen-bond acceptors (Lipinski definition) is 9. The number of pyridine rings is 1. The van der Waals surface area contributed by atoms with Crippen LogP contribution >= 0.6 is 0 Å². The fourth-order valence-electron chi connectivity index (χ4n) is 6.74. The number of ether oxygens (including phenoxy) is 2. The van der Waals surface area contributed by atoms with Crippen LogP contribution in [-0.2, 0) is 29.1 Å². The lowest BCUT2D eigenvalue weighted by molar-refractivity contribution is -0.141. The van der Waals surface area contributed by atoms with Crippen LogP contribution in [0.2, 0.25) is 0 Å². The third-order valence-electron chi connectivity index (χ3n) is 10.1. The van der Waals surface area contributed by atoms with Crippen LogP contribution in [0.4, 0.5) is 4.79 Å². The third-order valence-corrected chi connectivity index (χ3v) is 12.2. The number of benzene rings is 1. The average Bonchev–Trinajstić information content (AvgIpc) is 3.92. The Morgan fingerprint density at radius 1 is 1.08 bits per heavy atom. The maximum Gasteiger partial charge on any atom is 0.408 e. The van der Waals surface area contributed by atoms with Gasteiger partial charge in [0, 0.05) is 23.9 Å². The van der Waals surface area contributed by atoms with E-state index in [4.69, 9.17) is 9.47 Å². The van der Waals surface area contributed by atoms with E-state index in [-0.39, 0.29) is 19.4 Å². The van der Waals surface area contributed by atoms with Crippen LogP contribution < -0.4 is 20.1 Å². The van der Waals surface area contributed by atoms with E-state index in [1.807, 2.05) is 42.5 Å². The highest BCUT2D eigenvalue weighted by Crippen LogP contribution is 2.47. The van der Waals surface area contributed by atoms with Crippen LogP contribution in [0.3, 0.4) is 0 Å². The molecule has 2 aliphatic carbocycles. The van der Waals surface area contributed by atoms with E-state index >= 15 is 0 Å². The van der Waals surface area contributed by atoms with Crippen molar-refractivity contribution in [3.8, 4) is 5.88 Å². The Morgan fingerprint density at radius 2 is 1.84 bits per heavy atom. The van der Waals surface area contributed by atoms with Gasteiger partial charge in [-0.25, -0.2) is 18.2 Å². The summed E-state index contributed by atoms with van der Waals surface area (Å²) in [6.45, 7) is 6.80. The van der Waals surface area contributed by atoms with Crippen LogP contribution in [0.25, 0.3) is 10.8 Å². The molecule has 2 aliphatic heterocycles. The summed E-state index contributed by atoms with van der Waals surface area (Å²) < 4.78 is 39.2. The zero-order chi connectivity index (χ0) is 35.9. The van der Waals surface area contributed by atoms with E-state index in [9.17, 15) is 27.6 Å². The predicted molar refractivity (Wildman–Crippen MR) is 185 cm³/mol. The first-order valence-corrected chi connectivity index (χ1v) is 19.0. The van der Waals surface area contributed by atoms with Gasteiger partial charge in [-0.15, -0.1) is 0 Å². The second-order valence-corrected chi connectivity index (χ2v) is 17.4. The number of amides is 4. The molecule has 2 aromatic rings. The molecule has 4 amide bonds. The monoisotopic (exact) mass is 709 g/mol. The molecule has 0 unspecified atom stereocenters. The number of rotatable bonds is 6. The van der Waals surface area contributed by atoms with Gasteiger partial charge < -0.3 is 25.0 Å². The molecule has 3 heterocycles. The smallest absolute Gasteiger partial charge is 0.408 e. The highest BCUT2D eigenvalue weighted by atomic mass is 32.2. The standard InChI is InChI=1S/C36H47N5O8S/c1-34(2,3)49-33(45)38-27-15-9-7-5-6-8-13-24-21-36(24,32(44)40-50(46,47)35(4)17-18-35)39-29(42)28-20-25(22-41(28)31(27)43)48-30-26-14-11-10-12-23(26)16-19-37-30/h8,10-14,16,19,24-25,27-28H,5-7,9,15,17-18,20-22H2,1-4H3,(H,38,45)(H,39,42)(H,40,44)/b13-8-/t24-,25-,27+,28+,36-/m1/s1. The largest absolute Gasteiger partial charge is 0.472 e. The SMILES string of the molecule is CC(C)(C)OC(=O)N[C@H]1CCCCC/C=C\[C@@H]2C[C@@]2(C(=O)NS(=O)(=O)C2(C)CC2)NC(=O)[C@@H]2C[C@@H](Oc3nccc4ccccc34)CN2C1=O. The number of fused-ring (bicyclic) bond motifs is 3. The molecule has 2 saturated carbocycles. The molecule has 6 rings (SSSR count). The van der Waals surface area contributed by atoms with Crippen molar-refractivity contribution < 1.29 is 37.1 Å². The maximum absolute atomic E-state index is 14.4. The summed E-state index contributed by atoms with van der Waals surface area (Å²) >= 11 is 0. The van der Waals surface area contributed by atoms with Gasteiger partial charge in [0.15, 0.2) is 0 Å². The summed E-state index contributed by atoms with van der Waals surface area (Å²) in [6.07, 6.45) is 8.49. The number of hydrogen-bond donors (Lipinski definition) is 3. The average molecular weight is 710 g/mol. The molecule has 0 spiro atoms. The Balaban J connectivity index is 1.30. The van der Waals surface area contributed by atoms with Gasteiger partial charge in [0.2, 0.25) is 27.7 Å². The first kappa shape index (κ1) is 35.6. The van der Waals surface area contributed by atoms with Crippen molar-refractivity contribution in [3.05, 3.63) is 48.7 Å². The Kier molecular flexibility index (Phi) is 9.61. The van der Waals surface area contributed by atoms with E-state index in [1.54, 1.807) is 33.9 Å². The fourth-order valence-corrected chi connectivity index (χ4v) is 8.05. The van der Waals surface area contributed by atoms with Gasteiger partial charge in [-0.3, -0.25) is 19.1 Å². The fraction of sp³-hybridized carbons (Fsp3) is 0.583. The molecule has 50 heavy (non-hydrogen) atoms. The molecule has 270 valence electrons. The molecule has 0 radical (unpaired) electrons. The molecule has 1 saturated heterocycles. The van der Waals surface area contributed by atoms with Crippen LogP contribution in [0, 0.1) is 5.92 Å². The lowest BCUT2D eigenvalue weighted by Gasteiger charge is -2.30. The summed E-state index contributed by atoms with van der Waals surface area (Å²) in [5.74, 6) is -1.93. The molecule has 14 heteroatoms. The third kappa shape index (κ3) is 7.59. The maximum atomic E-state index is 14.4. The Hall–Kier alpha value is -4.20. The minimum Gasteiger partial charge on any atom is -0.472 e. The van der Waals surface area contributed by atoms with Crippen molar-refractivity contribution in [2.45, 2.75) is 120 Å². The second-order valence-electron chi connectivity index (χ2n) is 15.2. The van der Waals surface area contributed by atoms with E-state index in [1.165, 1.54) is 4.90 Å². The Morgan fingerprint density at radius 3 is 2.58 bits per heavy atom. The molecule has 3 fully saturated rings. The second kappa shape index (κ2) is 13.5. The number of carbonyl (C=O) groups excluding carboxylic acids is 4. The highest BCUT2D eigenvalue weighted by Gasteiger charge is 2.63. The van der Waals surface area contributed by atoms with Gasteiger partial charge >= 0.3 is 6.09 Å². The summed E-state index contributed by atoms with van der Waals surface area (Å²) in [5.41, 5.74) is -2.29. The Labute approximate surface area is 293 Å². The van der Waals surface area contributed by atoms with Crippen molar-refractivity contribution in [2.75, 3.05) is 6.54 Å². The minimum absolute atomic E-state index is 0.0174. The van der Waals surface area contributed by atoms with Gasteiger partial charge in [0.25, 0.3) is 5.91 Å². The van der Waals surface area contributed by atoms with Gasteiger partial charge in [0.1, 0.15) is 29.3 Å². The first-order chi connectivity index (χ1) is 23.6. The van der Waals surface area contributed by atoms with Gasteiger partial charge in [-0.1, -0.05) is 43.2 Å². The van der Waals surface area contributed by atoms with Crippen molar-refractivity contribution >= 4 is 44.6 Å². The molecule has 1 aromatic carbocycles. The number of nitrogens with zero attached hydrogens (tertiary/aromatic N) is 2. The number of alkyl carbamates (subject to hydrolysis) is 1. The number of nitrogens with one attached hydrogen (secondary N) is 3. The van der Waals surface area contributed by atoms with E-state index in [0.717, 1.165) is 23.6 Å². The van der Waals surface area contributed by atoms with Crippen LogP contribution in [0.15, 0.2) is 48.7 Å². The topological polar surface area (TPSA) is 173 Å². The summed E-state index contributed by atoms with van der Waals surface area (Å²) in [5, 5.41) is 7.31. The summed E-state index contributed by atoms with van der Waals surface area (Å²) in [6, 6.07) is 7.38. The lowest BCUT2D eigenvalue weighted by Crippen LogP contribution is -2.58. The molecule has 5 atom stereocenters. The molecular weight excluding hydrogens is 662 g/mol. The number of aromatic nitrogens is 1. The molecule has 13 nitrogen and oxygen atoms in total. The van der Waals surface area contributed by atoms with Gasteiger partial charge in [-0.05, 0) is 83.7 Å². The quantitative estimate of drug-likeness (QED) is 0.377. The molecule has 4 aliphatic rings. The van der Waals surface area contributed by atoms with Crippen LogP contribution in [0.5, 0.6) is 5.88 Å². The van der Waals surface area contributed by atoms with Gasteiger partial charge in [-0.2, -0.15) is 0 Å². The van der Waals surface area contributed by atoms with Crippen molar-refractivity contribution in [3.63, 3.8) is 0 Å². The van der Waals surface area contributed by atoms with E-state index in [0.29, 0.717) is 38.0 Å². The normalized spacial score (nSPS) is 28.9. The highest BCUT2D eigenvalue weighted by molar-refractivity contribution is 7.91. The number of sulfonamides is 1. The molecule has 0 bridgehead atoms. The number of allylic oxidation sites excluding steroid dienone is 1. The van der Waals surface area contributed by atoms with Crippen LogP contribution in [0.1, 0.15) is 85.5 Å². The zero-order valence-corrected chi connectivity index (χ0v) is 29.9. The van der Waals surface area contributed by atoms with Crippen LogP contribution in [-0.4, -0.2) is 82.7 Å². The number of carbonyl (C=O) groups is 4. The molecule has 1 aromatic heterocycles. The summed E-state index contributed by atoms with van der Waals surface area (Å²) in [4.78, 5) is 61.1. The van der Waals surface area contributed by atoms with E-state index < -0.39 is 73.8 Å². The zero-order valence-electron chi connectivity index (χ0n) is 29.1. The Bertz CT molecular complexity index is 1800. The minimum atomic E-state index is -3.97. The van der Waals surface area contributed by atoms with Gasteiger partial charge in [0.05, 0.1) is 11.3 Å². The van der Waals surface area contributed by atoms with E-state index in [2.05, 4.69) is 20.3 Å². The predicted octanol–water partition coefficient (Wildman–Crippen LogP) is 3.87. The molecule has 3 N–H and O–H groups in total. The first-order valence-electron chi connectivity index (χ1n) is 17.5. The van der Waals surface area contributed by atoms with Crippen molar-refractivity contribution in [2.24, 2.45) is 5.92 Å².